The van der Waals surface area contributed by atoms with Gasteiger partial charge in [0.05, 0.1) is 6.61 Å². The average molecular weight is 387 g/mol. The van der Waals surface area contributed by atoms with Crippen LogP contribution in [0.2, 0.25) is 10.0 Å². The highest BCUT2D eigenvalue weighted by Gasteiger charge is 2.50. The van der Waals surface area contributed by atoms with Crippen molar-refractivity contribution in [2.24, 2.45) is 0 Å². The van der Waals surface area contributed by atoms with Crippen molar-refractivity contribution in [3.63, 3.8) is 0 Å². The molecule has 0 aromatic heterocycles. The van der Waals surface area contributed by atoms with Gasteiger partial charge in [-0.25, -0.2) is 0 Å². The zero-order valence-electron chi connectivity index (χ0n) is 13.3. The second-order valence-corrected chi connectivity index (χ2v) is 7.04. The maximum Gasteiger partial charge on any atom is 0.156 e. The molecular formula is C20H12Cl2O4. The van der Waals surface area contributed by atoms with E-state index >= 15 is 0 Å². The lowest BCUT2D eigenvalue weighted by molar-refractivity contribution is 0.0199. The van der Waals surface area contributed by atoms with Gasteiger partial charge >= 0.3 is 0 Å². The van der Waals surface area contributed by atoms with Crippen LogP contribution < -0.4 is 4.74 Å². The number of hydrogen-bond acceptors (Lipinski definition) is 4. The van der Waals surface area contributed by atoms with Crippen LogP contribution in [0.4, 0.5) is 0 Å². The summed E-state index contributed by atoms with van der Waals surface area (Å²) in [6.07, 6.45) is 0. The molecular weight excluding hydrogens is 375 g/mol. The Hall–Kier alpha value is -2.40. The van der Waals surface area contributed by atoms with E-state index in [2.05, 4.69) is 0 Å². The Bertz CT molecular complexity index is 1020. The van der Waals surface area contributed by atoms with E-state index in [1.54, 1.807) is 12.1 Å². The van der Waals surface area contributed by atoms with Gasteiger partial charge in [-0.1, -0.05) is 47.5 Å². The molecule has 0 radical (unpaired) electrons. The van der Waals surface area contributed by atoms with Gasteiger partial charge < -0.3 is 19.7 Å². The number of rotatable bonds is 0. The summed E-state index contributed by atoms with van der Waals surface area (Å²) in [5.74, 6) is 0.324. The van der Waals surface area contributed by atoms with Crippen LogP contribution in [-0.2, 0) is 16.9 Å². The molecule has 0 fully saturated rings. The van der Waals surface area contributed by atoms with Gasteiger partial charge in [0.25, 0.3) is 0 Å². The standard InChI is InChI=1S/C20H12Cl2O4/c21-16-14(23)7-5-12-18(16)26-19-13(6-8-15(24)17(19)22)20(12)11-4-2-1-3-10(11)9-25-20/h1-8,23-24H,9H2. The summed E-state index contributed by atoms with van der Waals surface area (Å²) in [6.45, 7) is 0.409. The summed E-state index contributed by atoms with van der Waals surface area (Å²) >= 11 is 12.6. The first-order chi connectivity index (χ1) is 12.5. The van der Waals surface area contributed by atoms with E-state index in [1.165, 1.54) is 12.1 Å². The van der Waals surface area contributed by atoms with E-state index in [1.807, 2.05) is 24.3 Å². The van der Waals surface area contributed by atoms with E-state index in [0.717, 1.165) is 11.1 Å². The van der Waals surface area contributed by atoms with Crippen molar-refractivity contribution in [2.75, 3.05) is 0 Å². The van der Waals surface area contributed by atoms with Crippen molar-refractivity contribution in [3.8, 4) is 23.0 Å². The first-order valence-electron chi connectivity index (χ1n) is 7.98. The first kappa shape index (κ1) is 15.8. The molecule has 130 valence electrons. The highest BCUT2D eigenvalue weighted by atomic mass is 35.5. The van der Waals surface area contributed by atoms with Crippen molar-refractivity contribution in [2.45, 2.75) is 12.2 Å². The molecule has 3 aromatic rings. The zero-order valence-corrected chi connectivity index (χ0v) is 14.8. The van der Waals surface area contributed by atoms with Crippen LogP contribution in [0, 0.1) is 0 Å². The third-order valence-corrected chi connectivity index (χ3v) is 5.69. The molecule has 0 unspecified atom stereocenters. The Morgan fingerprint density at radius 2 is 1.35 bits per heavy atom. The van der Waals surface area contributed by atoms with Crippen LogP contribution in [0.5, 0.6) is 23.0 Å². The van der Waals surface area contributed by atoms with Gasteiger partial charge in [-0.05, 0) is 35.4 Å². The second-order valence-electron chi connectivity index (χ2n) is 6.28. The van der Waals surface area contributed by atoms with Gasteiger partial charge in [0.15, 0.2) is 17.1 Å². The topological polar surface area (TPSA) is 58.9 Å². The lowest BCUT2D eigenvalue weighted by atomic mass is 9.77. The molecule has 3 aromatic carbocycles. The third kappa shape index (κ3) is 1.84. The number of fused-ring (bicyclic) bond motifs is 6. The molecule has 0 atom stereocenters. The quantitative estimate of drug-likeness (QED) is 0.547. The third-order valence-electron chi connectivity index (χ3n) is 4.96. The van der Waals surface area contributed by atoms with Gasteiger partial charge in [0.2, 0.25) is 0 Å². The predicted octanol–water partition coefficient (Wildman–Crippen LogP) is 5.33. The summed E-state index contributed by atoms with van der Waals surface area (Å²) in [4.78, 5) is 0. The Labute approximate surface area is 159 Å². The molecule has 0 saturated carbocycles. The van der Waals surface area contributed by atoms with E-state index in [4.69, 9.17) is 32.7 Å². The maximum absolute atomic E-state index is 10.0. The van der Waals surface area contributed by atoms with Crippen LogP contribution in [0.3, 0.4) is 0 Å². The largest absolute Gasteiger partial charge is 0.506 e. The van der Waals surface area contributed by atoms with Crippen LogP contribution in [0.25, 0.3) is 0 Å². The predicted molar refractivity (Wildman–Crippen MR) is 97.4 cm³/mol. The highest BCUT2D eigenvalue weighted by molar-refractivity contribution is 6.34. The fourth-order valence-electron chi connectivity index (χ4n) is 3.79. The van der Waals surface area contributed by atoms with E-state index in [0.29, 0.717) is 17.7 Å². The zero-order chi connectivity index (χ0) is 18.1. The lowest BCUT2D eigenvalue weighted by Gasteiger charge is -2.38. The number of halogens is 2. The fourth-order valence-corrected chi connectivity index (χ4v) is 4.20. The molecule has 5 rings (SSSR count). The molecule has 2 aliphatic heterocycles. The SMILES string of the molecule is Oc1ccc2c(c1Cl)Oc1c(ccc(O)c1Cl)C21OCc2ccccc21. The van der Waals surface area contributed by atoms with Crippen molar-refractivity contribution < 1.29 is 19.7 Å². The molecule has 4 nitrogen and oxygen atoms in total. The van der Waals surface area contributed by atoms with E-state index in [-0.39, 0.29) is 33.0 Å². The normalized spacial score (nSPS) is 15.9. The summed E-state index contributed by atoms with van der Waals surface area (Å²) < 4.78 is 12.3. The molecule has 6 heteroatoms. The molecule has 0 amide bonds. The van der Waals surface area contributed by atoms with Crippen molar-refractivity contribution in [1.82, 2.24) is 0 Å². The van der Waals surface area contributed by atoms with Crippen molar-refractivity contribution >= 4 is 23.2 Å². The summed E-state index contributed by atoms with van der Waals surface area (Å²) in [5.41, 5.74) is 2.38. The fraction of sp³-hybridized carbons (Fsp3) is 0.100. The molecule has 0 bridgehead atoms. The lowest BCUT2D eigenvalue weighted by Crippen LogP contribution is -2.32. The molecule has 2 heterocycles. The van der Waals surface area contributed by atoms with Gasteiger partial charge in [0, 0.05) is 11.1 Å². The Balaban J connectivity index is 1.93. The number of aromatic hydroxyl groups is 2. The Kier molecular flexibility index (Phi) is 3.23. The van der Waals surface area contributed by atoms with Crippen LogP contribution >= 0.6 is 23.2 Å². The smallest absolute Gasteiger partial charge is 0.156 e. The second kappa shape index (κ2) is 5.30. The monoisotopic (exact) mass is 386 g/mol. The van der Waals surface area contributed by atoms with Crippen molar-refractivity contribution in [3.05, 3.63) is 80.8 Å². The summed E-state index contributed by atoms with van der Waals surface area (Å²) in [7, 11) is 0. The van der Waals surface area contributed by atoms with Crippen LogP contribution in [-0.4, -0.2) is 10.2 Å². The van der Waals surface area contributed by atoms with Gasteiger partial charge in [0.1, 0.15) is 21.5 Å². The average Bonchev–Trinajstić information content (AvgIpc) is 3.03. The van der Waals surface area contributed by atoms with Gasteiger partial charge in [-0.2, -0.15) is 0 Å². The van der Waals surface area contributed by atoms with Crippen molar-refractivity contribution in [1.29, 1.82) is 0 Å². The minimum atomic E-state index is -0.978. The number of phenols is 2. The molecule has 2 aliphatic rings. The number of hydrogen-bond donors (Lipinski definition) is 2. The molecule has 0 aliphatic carbocycles. The minimum absolute atomic E-state index is 0.0694. The van der Waals surface area contributed by atoms with Gasteiger partial charge in [-0.15, -0.1) is 0 Å². The van der Waals surface area contributed by atoms with Crippen LogP contribution in [0.1, 0.15) is 22.3 Å². The van der Waals surface area contributed by atoms with Crippen LogP contribution in [0.15, 0.2) is 48.5 Å². The molecule has 2 N–H and O–H groups in total. The summed E-state index contributed by atoms with van der Waals surface area (Å²) in [6, 6.07) is 14.4. The molecule has 26 heavy (non-hydrogen) atoms. The number of phenolic OH excluding ortho intramolecular Hbond substituents is 2. The Morgan fingerprint density at radius 1 is 0.769 bits per heavy atom. The first-order valence-corrected chi connectivity index (χ1v) is 8.73. The number of ether oxygens (including phenoxy) is 2. The number of benzene rings is 3. The Morgan fingerprint density at radius 3 is 1.96 bits per heavy atom. The van der Waals surface area contributed by atoms with E-state index < -0.39 is 5.60 Å². The van der Waals surface area contributed by atoms with E-state index in [9.17, 15) is 10.2 Å². The highest BCUT2D eigenvalue weighted by Crippen LogP contribution is 2.60. The summed E-state index contributed by atoms with van der Waals surface area (Å²) in [5, 5.41) is 20.2. The maximum atomic E-state index is 10.0. The molecule has 1 spiro atoms. The van der Waals surface area contributed by atoms with Gasteiger partial charge in [-0.3, -0.25) is 0 Å². The molecule has 0 saturated heterocycles. The minimum Gasteiger partial charge on any atom is -0.506 e.